The van der Waals surface area contributed by atoms with Crippen LogP contribution in [0.15, 0.2) is 0 Å². The quantitative estimate of drug-likeness (QED) is 0.205. The van der Waals surface area contributed by atoms with Gasteiger partial charge in [-0.3, -0.25) is 9.59 Å². The van der Waals surface area contributed by atoms with Gasteiger partial charge in [-0.05, 0) is 33.6 Å². The molecular weight excluding hydrogens is 603 g/mol. The molecule has 2 aromatic rings. The van der Waals surface area contributed by atoms with Crippen LogP contribution in [0.3, 0.4) is 0 Å². The molecule has 43 heavy (non-hydrogen) atoms. The molecule has 2 amide bonds. The van der Waals surface area contributed by atoms with Crippen LogP contribution in [0.1, 0.15) is 43.4 Å². The molecule has 7 nitrogen and oxygen atoms in total. The van der Waals surface area contributed by atoms with Crippen molar-refractivity contribution in [3.05, 3.63) is 69.0 Å². The monoisotopic (exact) mass is 630 g/mol. The van der Waals surface area contributed by atoms with Crippen LogP contribution in [-0.2, 0) is 36.6 Å². The zero-order chi connectivity index (χ0) is 32.2. The number of amides is 2. The predicted molar refractivity (Wildman–Crippen MR) is 130 cm³/mol. The molecule has 1 aliphatic heterocycles. The summed E-state index contributed by atoms with van der Waals surface area (Å²) in [5, 5.41) is 4.78. The fourth-order valence-corrected chi connectivity index (χ4v) is 4.10. The Kier molecular flexibility index (Phi) is 11.4. The summed E-state index contributed by atoms with van der Waals surface area (Å²) in [6, 6.07) is 0. The highest BCUT2D eigenvalue weighted by molar-refractivity contribution is 5.76. The number of carbonyl (C=O) groups is 2. The molecule has 1 saturated heterocycles. The molecule has 2 N–H and O–H groups in total. The highest BCUT2D eigenvalue weighted by Crippen LogP contribution is 2.26. The Morgan fingerprint density at radius 3 is 1.37 bits per heavy atom. The van der Waals surface area contributed by atoms with E-state index in [1.54, 1.807) is 13.8 Å². The Morgan fingerprint density at radius 2 is 1.00 bits per heavy atom. The molecule has 1 heterocycles. The lowest BCUT2D eigenvalue weighted by atomic mass is 10.0. The zero-order valence-corrected chi connectivity index (χ0v) is 23.0. The van der Waals surface area contributed by atoms with Gasteiger partial charge < -0.3 is 24.8 Å². The molecular formula is C27H27F9N2O5. The minimum Gasteiger partial charge on any atom is -0.353 e. The number of benzene rings is 2. The van der Waals surface area contributed by atoms with Crippen LogP contribution in [-0.4, -0.2) is 49.7 Å². The van der Waals surface area contributed by atoms with Gasteiger partial charge in [-0.25, -0.2) is 39.5 Å². The fourth-order valence-electron chi connectivity index (χ4n) is 4.10. The van der Waals surface area contributed by atoms with E-state index in [4.69, 9.17) is 14.2 Å². The van der Waals surface area contributed by atoms with Gasteiger partial charge in [0.25, 0.3) is 6.48 Å². The Morgan fingerprint density at radius 1 is 0.651 bits per heavy atom. The molecule has 1 fully saturated rings. The van der Waals surface area contributed by atoms with Gasteiger partial charge in [-0.15, -0.1) is 0 Å². The third-order valence-corrected chi connectivity index (χ3v) is 6.45. The lowest BCUT2D eigenvalue weighted by Gasteiger charge is -2.18. The first-order valence-corrected chi connectivity index (χ1v) is 12.9. The molecule has 238 valence electrons. The van der Waals surface area contributed by atoms with E-state index in [9.17, 15) is 49.1 Å². The highest BCUT2D eigenvalue weighted by Gasteiger charge is 2.38. The summed E-state index contributed by atoms with van der Waals surface area (Å²) in [6.45, 7) is 2.37. The molecule has 0 aliphatic carbocycles. The average molecular weight is 631 g/mol. The second-order valence-corrected chi connectivity index (χ2v) is 9.84. The molecule has 3 unspecified atom stereocenters. The Hall–Kier alpha value is -3.37. The van der Waals surface area contributed by atoms with Crippen molar-refractivity contribution < 1.29 is 63.3 Å². The second kappa shape index (κ2) is 14.4. The maximum absolute atomic E-state index is 14.1. The van der Waals surface area contributed by atoms with Crippen LogP contribution in [0.4, 0.5) is 39.5 Å². The summed E-state index contributed by atoms with van der Waals surface area (Å²) >= 11 is 0. The molecule has 2 aromatic carbocycles. The maximum atomic E-state index is 14.1. The Bertz CT molecular complexity index is 1220. The van der Waals surface area contributed by atoms with Gasteiger partial charge in [-0.2, -0.15) is 0 Å². The first-order valence-electron chi connectivity index (χ1n) is 12.9. The van der Waals surface area contributed by atoms with E-state index < -0.39 is 125 Å². The molecule has 0 aromatic heterocycles. The van der Waals surface area contributed by atoms with Crippen LogP contribution >= 0.6 is 0 Å². The largest absolute Gasteiger partial charge is 0.353 e. The molecule has 16 heteroatoms. The first kappa shape index (κ1) is 34.1. The van der Waals surface area contributed by atoms with Gasteiger partial charge in [0, 0.05) is 42.6 Å². The van der Waals surface area contributed by atoms with Crippen molar-refractivity contribution in [3.63, 3.8) is 0 Å². The van der Waals surface area contributed by atoms with Crippen molar-refractivity contribution in [2.45, 2.75) is 71.2 Å². The Balaban J connectivity index is 1.57. The van der Waals surface area contributed by atoms with Crippen molar-refractivity contribution >= 4 is 11.8 Å². The number of hydrogen-bond acceptors (Lipinski definition) is 5. The van der Waals surface area contributed by atoms with E-state index in [0.29, 0.717) is 0 Å². The van der Waals surface area contributed by atoms with Gasteiger partial charge in [0.05, 0.1) is 6.10 Å². The van der Waals surface area contributed by atoms with E-state index in [2.05, 4.69) is 10.6 Å². The lowest BCUT2D eigenvalue weighted by Crippen LogP contribution is -2.43. The van der Waals surface area contributed by atoms with Gasteiger partial charge >= 0.3 is 0 Å². The summed E-state index contributed by atoms with van der Waals surface area (Å²) < 4.78 is 140. The van der Waals surface area contributed by atoms with Crippen LogP contribution in [0.5, 0.6) is 0 Å². The average Bonchev–Trinajstić information content (AvgIpc) is 3.35. The second-order valence-electron chi connectivity index (χ2n) is 9.84. The van der Waals surface area contributed by atoms with E-state index >= 15 is 0 Å². The molecule has 0 radical (unpaired) electrons. The molecule has 1 aliphatic rings. The van der Waals surface area contributed by atoms with Crippen molar-refractivity contribution in [2.24, 2.45) is 0 Å². The summed E-state index contributed by atoms with van der Waals surface area (Å²) in [7, 11) is 0. The molecule has 0 spiro atoms. The Labute approximate surface area is 239 Å². The SMILES string of the molecule is Cc1c(F)c(F)c(CCC(=O)NCC2OC(OC(C)C)OC2CNC(=O)CCc2c(F)c(F)c(F)c(F)c2F)c(F)c1F. The molecule has 3 rings (SSSR count). The van der Waals surface area contributed by atoms with Gasteiger partial charge in [0.2, 0.25) is 17.6 Å². The number of nitrogens with one attached hydrogen (secondary N) is 2. The first-order chi connectivity index (χ1) is 20.1. The fraction of sp³-hybridized carbons (Fsp3) is 0.481. The van der Waals surface area contributed by atoms with Crippen LogP contribution in [0, 0.1) is 59.3 Å². The van der Waals surface area contributed by atoms with E-state index in [1.807, 2.05) is 0 Å². The normalized spacial score (nSPS) is 18.4. The summed E-state index contributed by atoms with van der Waals surface area (Å²) in [5.41, 5.74) is -2.93. The predicted octanol–water partition coefficient (Wildman–Crippen LogP) is 4.54. The van der Waals surface area contributed by atoms with E-state index in [1.165, 1.54) is 0 Å². The smallest absolute Gasteiger partial charge is 0.272 e. The minimum atomic E-state index is -2.32. The van der Waals surface area contributed by atoms with Crippen LogP contribution in [0.2, 0.25) is 0 Å². The topological polar surface area (TPSA) is 85.9 Å². The van der Waals surface area contributed by atoms with Gasteiger partial charge in [0.15, 0.2) is 46.5 Å². The number of carbonyl (C=O) groups excluding carboxylic acids is 2. The lowest BCUT2D eigenvalue weighted by molar-refractivity contribution is -0.256. The van der Waals surface area contributed by atoms with Gasteiger partial charge in [0.1, 0.15) is 12.2 Å². The third-order valence-electron chi connectivity index (χ3n) is 6.45. The van der Waals surface area contributed by atoms with Crippen molar-refractivity contribution in [1.82, 2.24) is 10.6 Å². The summed E-state index contributed by atoms with van der Waals surface area (Å²) in [4.78, 5) is 24.6. The summed E-state index contributed by atoms with van der Waals surface area (Å²) in [6.07, 6.45) is -5.02. The zero-order valence-electron chi connectivity index (χ0n) is 23.0. The molecule has 0 saturated carbocycles. The van der Waals surface area contributed by atoms with Gasteiger partial charge in [-0.1, -0.05) is 0 Å². The minimum absolute atomic E-state index is 0.274. The number of halogens is 9. The standard InChI is InChI=1S/C27H27F9N2O5/c1-10(2)41-27-42-14(8-37-16(39)6-4-12-20(30)18(28)11(3)19(29)21(12)31)15(43-27)9-38-17(40)7-5-13-22(32)24(34)26(36)25(35)23(13)33/h10,14-15,27H,4-9H2,1-3H3,(H,37,39)(H,38,40). The highest BCUT2D eigenvalue weighted by atomic mass is 19.2. The van der Waals surface area contributed by atoms with E-state index in [0.717, 1.165) is 6.92 Å². The molecule has 0 bridgehead atoms. The van der Waals surface area contributed by atoms with Crippen molar-refractivity contribution in [1.29, 1.82) is 0 Å². The number of rotatable bonds is 12. The maximum Gasteiger partial charge on any atom is 0.272 e. The summed E-state index contributed by atoms with van der Waals surface area (Å²) in [5.74, 6) is -18.7. The number of ether oxygens (including phenoxy) is 3. The van der Waals surface area contributed by atoms with Crippen LogP contribution in [0.25, 0.3) is 0 Å². The van der Waals surface area contributed by atoms with Crippen molar-refractivity contribution in [2.75, 3.05) is 13.1 Å². The van der Waals surface area contributed by atoms with Crippen LogP contribution < -0.4 is 10.6 Å². The third kappa shape index (κ3) is 7.97. The molecule has 3 atom stereocenters. The van der Waals surface area contributed by atoms with E-state index in [-0.39, 0.29) is 19.2 Å². The van der Waals surface area contributed by atoms with Crippen molar-refractivity contribution in [3.8, 4) is 0 Å². The number of hydrogen-bond donors (Lipinski definition) is 2.